The van der Waals surface area contributed by atoms with E-state index < -0.39 is 0 Å². The first kappa shape index (κ1) is 18.6. The van der Waals surface area contributed by atoms with Crippen molar-refractivity contribution in [3.05, 3.63) is 113 Å². The largest absolute Gasteiger partial charge is 0.370 e. The molecule has 0 saturated carbocycles. The van der Waals surface area contributed by atoms with E-state index in [4.69, 9.17) is 5.10 Å². The monoisotopic (exact) mass is 397 g/mol. The van der Waals surface area contributed by atoms with Crippen molar-refractivity contribution in [3.8, 4) is 5.69 Å². The van der Waals surface area contributed by atoms with Crippen LogP contribution >= 0.6 is 0 Å². The zero-order valence-electron chi connectivity index (χ0n) is 16.8. The van der Waals surface area contributed by atoms with Crippen LogP contribution in [0.25, 0.3) is 5.69 Å². The van der Waals surface area contributed by atoms with Gasteiger partial charge in [-0.05, 0) is 54.7 Å². The van der Waals surface area contributed by atoms with Crippen molar-refractivity contribution in [2.75, 3.05) is 11.9 Å². The van der Waals surface area contributed by atoms with Crippen LogP contribution in [-0.4, -0.2) is 16.3 Å². The molecule has 4 heteroatoms. The minimum absolute atomic E-state index is 0.0442. The van der Waals surface area contributed by atoms with Crippen molar-refractivity contribution in [1.82, 2.24) is 9.78 Å². The number of fused-ring (bicyclic) bond motifs is 1. The molecule has 0 radical (unpaired) electrons. The summed E-state index contributed by atoms with van der Waals surface area (Å²) in [6.45, 7) is 0.917. The Balaban J connectivity index is 1.72. The van der Waals surface area contributed by atoms with Crippen molar-refractivity contribution in [2.24, 2.45) is 0 Å². The second-order valence-electron chi connectivity index (χ2n) is 7.74. The van der Waals surface area contributed by atoms with E-state index in [0.29, 0.717) is 0 Å². The highest BCUT2D eigenvalue weighted by Gasteiger charge is 2.28. The molecule has 0 bridgehead atoms. The zero-order chi connectivity index (χ0) is 20.3. The molecule has 0 unspecified atom stereocenters. The second kappa shape index (κ2) is 8.15. The molecule has 5 rings (SSSR count). The van der Waals surface area contributed by atoms with Gasteiger partial charge in [0.25, 0.3) is 0 Å². The van der Waals surface area contributed by atoms with Gasteiger partial charge in [-0.3, -0.25) is 0 Å². The molecule has 30 heavy (non-hydrogen) atoms. The number of rotatable bonds is 4. The molecule has 0 atom stereocenters. The average molecular weight is 397 g/mol. The smallest absolute Gasteiger partial charge is 0.133 e. The molecule has 1 aliphatic heterocycles. The summed E-state index contributed by atoms with van der Waals surface area (Å²) in [6.07, 6.45) is 3.23. The summed E-state index contributed by atoms with van der Waals surface area (Å²) in [7, 11) is 0. The fourth-order valence-corrected chi connectivity index (χ4v) is 4.33. The van der Waals surface area contributed by atoms with E-state index in [1.165, 1.54) is 28.8 Å². The van der Waals surface area contributed by atoms with Gasteiger partial charge in [0, 0.05) is 12.1 Å². The molecule has 1 aromatic heterocycles. The number of nitrogens with one attached hydrogen (secondary N) is 1. The first-order valence-corrected chi connectivity index (χ1v) is 10.5. The number of aromatic nitrogens is 2. The molecular weight excluding hydrogens is 373 g/mol. The molecule has 0 aliphatic carbocycles. The Morgan fingerprint density at radius 3 is 2.07 bits per heavy atom. The van der Waals surface area contributed by atoms with E-state index in [2.05, 4.69) is 53.8 Å². The maximum absolute atomic E-state index is 13.5. The minimum Gasteiger partial charge on any atom is -0.370 e. The van der Waals surface area contributed by atoms with Crippen LogP contribution < -0.4 is 5.32 Å². The summed E-state index contributed by atoms with van der Waals surface area (Å²) in [6, 6.07) is 27.7. The zero-order valence-corrected chi connectivity index (χ0v) is 16.8. The van der Waals surface area contributed by atoms with Gasteiger partial charge in [0.05, 0.1) is 17.3 Å². The first-order valence-electron chi connectivity index (χ1n) is 10.5. The van der Waals surface area contributed by atoms with Gasteiger partial charge in [-0.2, -0.15) is 5.10 Å². The van der Waals surface area contributed by atoms with Gasteiger partial charge in [-0.25, -0.2) is 9.07 Å². The molecule has 0 saturated heterocycles. The number of halogens is 1. The summed E-state index contributed by atoms with van der Waals surface area (Å²) in [4.78, 5) is 0. The summed E-state index contributed by atoms with van der Waals surface area (Å²) in [5.41, 5.74) is 5.64. The average Bonchev–Trinajstić information content (AvgIpc) is 2.97. The number of benzene rings is 3. The third kappa shape index (κ3) is 3.50. The lowest BCUT2D eigenvalue weighted by atomic mass is 9.86. The van der Waals surface area contributed by atoms with Crippen molar-refractivity contribution in [1.29, 1.82) is 0 Å². The van der Waals surface area contributed by atoms with Crippen LogP contribution in [0.1, 0.15) is 41.1 Å². The SMILES string of the molecule is Fc1ccc(-n2nc(C(c3ccccc3)c3ccccc3)c3c2NCCCC3)cc1. The molecule has 0 amide bonds. The van der Waals surface area contributed by atoms with E-state index in [1.54, 1.807) is 12.1 Å². The van der Waals surface area contributed by atoms with Gasteiger partial charge in [0.15, 0.2) is 0 Å². The molecule has 0 spiro atoms. The van der Waals surface area contributed by atoms with Gasteiger partial charge in [-0.1, -0.05) is 60.7 Å². The van der Waals surface area contributed by atoms with Gasteiger partial charge in [0.2, 0.25) is 0 Å². The van der Waals surface area contributed by atoms with Crippen molar-refractivity contribution in [3.63, 3.8) is 0 Å². The standard InChI is InChI=1S/C26H24FN3/c27-21-14-16-22(17-15-21)30-26-23(13-7-8-18-28-26)25(29-30)24(19-9-3-1-4-10-19)20-11-5-2-6-12-20/h1-6,9-12,14-17,24,28H,7-8,13,18H2. The van der Waals surface area contributed by atoms with E-state index in [9.17, 15) is 4.39 Å². The van der Waals surface area contributed by atoms with E-state index >= 15 is 0 Å². The molecule has 0 fully saturated rings. The number of anilines is 1. The Morgan fingerprint density at radius 1 is 0.800 bits per heavy atom. The lowest BCUT2D eigenvalue weighted by Crippen LogP contribution is -2.08. The topological polar surface area (TPSA) is 29.9 Å². The normalized spacial score (nSPS) is 13.5. The van der Waals surface area contributed by atoms with Crippen LogP contribution in [0.15, 0.2) is 84.9 Å². The summed E-state index contributed by atoms with van der Waals surface area (Å²) < 4.78 is 15.5. The molecule has 3 aromatic carbocycles. The molecule has 150 valence electrons. The van der Waals surface area contributed by atoms with Gasteiger partial charge in [0.1, 0.15) is 11.6 Å². The Labute approximate surface area is 176 Å². The maximum Gasteiger partial charge on any atom is 0.133 e. The van der Waals surface area contributed by atoms with Crippen molar-refractivity contribution in [2.45, 2.75) is 25.2 Å². The van der Waals surface area contributed by atoms with Crippen LogP contribution in [0.4, 0.5) is 10.2 Å². The number of hydrogen-bond donors (Lipinski definition) is 1. The molecule has 3 nitrogen and oxygen atoms in total. The highest BCUT2D eigenvalue weighted by molar-refractivity contribution is 5.58. The van der Waals surface area contributed by atoms with Crippen LogP contribution in [0.2, 0.25) is 0 Å². The van der Waals surface area contributed by atoms with Gasteiger partial charge < -0.3 is 5.32 Å². The van der Waals surface area contributed by atoms with E-state index in [1.807, 2.05) is 16.8 Å². The molecular formula is C26H24FN3. The minimum atomic E-state index is -0.239. The van der Waals surface area contributed by atoms with Crippen LogP contribution in [-0.2, 0) is 6.42 Å². The highest BCUT2D eigenvalue weighted by Crippen LogP contribution is 2.38. The Bertz CT molecular complexity index is 1080. The molecule has 2 heterocycles. The Kier molecular flexibility index (Phi) is 5.06. The van der Waals surface area contributed by atoms with Gasteiger partial charge >= 0.3 is 0 Å². The predicted octanol–water partition coefficient (Wildman–Crippen LogP) is 5.94. The molecule has 4 aromatic rings. The van der Waals surface area contributed by atoms with Crippen molar-refractivity contribution < 1.29 is 4.39 Å². The third-order valence-electron chi connectivity index (χ3n) is 5.77. The summed E-state index contributed by atoms with van der Waals surface area (Å²) in [5, 5.41) is 8.71. The maximum atomic E-state index is 13.5. The quantitative estimate of drug-likeness (QED) is 0.462. The van der Waals surface area contributed by atoms with E-state index in [0.717, 1.165) is 43.0 Å². The Morgan fingerprint density at radius 2 is 1.43 bits per heavy atom. The van der Waals surface area contributed by atoms with Crippen LogP contribution in [0.3, 0.4) is 0 Å². The van der Waals surface area contributed by atoms with E-state index in [-0.39, 0.29) is 11.7 Å². The number of hydrogen-bond acceptors (Lipinski definition) is 2. The van der Waals surface area contributed by atoms with Crippen LogP contribution in [0, 0.1) is 5.82 Å². The molecule has 1 N–H and O–H groups in total. The summed E-state index contributed by atoms with van der Waals surface area (Å²) in [5.74, 6) is 0.838. The van der Waals surface area contributed by atoms with Gasteiger partial charge in [-0.15, -0.1) is 0 Å². The second-order valence-corrected chi connectivity index (χ2v) is 7.74. The first-order chi connectivity index (χ1) is 14.8. The number of nitrogens with zero attached hydrogens (tertiary/aromatic N) is 2. The predicted molar refractivity (Wildman–Crippen MR) is 119 cm³/mol. The Hall–Kier alpha value is -3.40. The lowest BCUT2D eigenvalue weighted by molar-refractivity contribution is 0.627. The fourth-order valence-electron chi connectivity index (χ4n) is 4.33. The van der Waals surface area contributed by atoms with Crippen molar-refractivity contribution >= 4 is 5.82 Å². The fraction of sp³-hybridized carbons (Fsp3) is 0.192. The molecule has 1 aliphatic rings. The van der Waals surface area contributed by atoms with Crippen LogP contribution in [0.5, 0.6) is 0 Å². The lowest BCUT2D eigenvalue weighted by Gasteiger charge is -2.18. The highest BCUT2D eigenvalue weighted by atomic mass is 19.1. The summed E-state index contributed by atoms with van der Waals surface area (Å²) >= 11 is 0. The third-order valence-corrected chi connectivity index (χ3v) is 5.77.